The van der Waals surface area contributed by atoms with Crippen molar-refractivity contribution in [3.05, 3.63) is 51.6 Å². The second-order valence-corrected chi connectivity index (χ2v) is 5.56. The van der Waals surface area contributed by atoms with E-state index < -0.39 is 0 Å². The summed E-state index contributed by atoms with van der Waals surface area (Å²) in [7, 11) is 0. The fraction of sp³-hybridized carbons (Fsp3) is 0. The molecule has 17 heavy (non-hydrogen) atoms. The molecule has 0 amide bonds. The standard InChI is InChI=1S/C12H6BrClN2S/c13-9-4-8(7-15)5-10(6-9)17-12-11(14)2-1-3-16-12/h1-6H. The molecule has 2 aromatic rings. The first-order valence-electron chi connectivity index (χ1n) is 4.68. The highest BCUT2D eigenvalue weighted by Gasteiger charge is 2.05. The summed E-state index contributed by atoms with van der Waals surface area (Å²) >= 11 is 10.8. The van der Waals surface area contributed by atoms with Gasteiger partial charge in [-0.3, -0.25) is 0 Å². The van der Waals surface area contributed by atoms with Gasteiger partial charge in [0.1, 0.15) is 5.03 Å². The van der Waals surface area contributed by atoms with Crippen molar-refractivity contribution in [3.8, 4) is 6.07 Å². The summed E-state index contributed by atoms with van der Waals surface area (Å²) in [5, 5.41) is 10.2. The van der Waals surface area contributed by atoms with Crippen molar-refractivity contribution in [2.45, 2.75) is 9.92 Å². The van der Waals surface area contributed by atoms with Crippen molar-refractivity contribution in [3.63, 3.8) is 0 Å². The molecule has 84 valence electrons. The smallest absolute Gasteiger partial charge is 0.119 e. The van der Waals surface area contributed by atoms with Crippen LogP contribution in [0.15, 0.2) is 50.9 Å². The van der Waals surface area contributed by atoms with Gasteiger partial charge in [-0.05, 0) is 30.3 Å². The fourth-order valence-corrected chi connectivity index (χ4v) is 3.00. The van der Waals surface area contributed by atoms with Crippen LogP contribution in [0, 0.1) is 11.3 Å². The average molecular weight is 326 g/mol. The van der Waals surface area contributed by atoms with E-state index >= 15 is 0 Å². The molecule has 5 heteroatoms. The molecule has 0 unspecified atom stereocenters. The number of benzene rings is 1. The lowest BCUT2D eigenvalue weighted by Crippen LogP contribution is -1.82. The van der Waals surface area contributed by atoms with Crippen molar-refractivity contribution < 1.29 is 0 Å². The Hall–Kier alpha value is -1.02. The molecule has 0 saturated heterocycles. The van der Waals surface area contributed by atoms with Crippen LogP contribution in [-0.2, 0) is 0 Å². The Bertz CT molecular complexity index is 595. The highest BCUT2D eigenvalue weighted by atomic mass is 79.9. The van der Waals surface area contributed by atoms with E-state index in [1.54, 1.807) is 30.5 Å². The minimum Gasteiger partial charge on any atom is -0.248 e. The van der Waals surface area contributed by atoms with Crippen LogP contribution in [0.5, 0.6) is 0 Å². The Labute approximate surface area is 117 Å². The van der Waals surface area contributed by atoms with Gasteiger partial charge in [0, 0.05) is 15.6 Å². The molecule has 1 heterocycles. The molecule has 0 atom stereocenters. The molecule has 0 spiro atoms. The average Bonchev–Trinajstić information content (AvgIpc) is 2.31. The van der Waals surface area contributed by atoms with Gasteiger partial charge in [-0.2, -0.15) is 5.26 Å². The number of hydrogen-bond acceptors (Lipinski definition) is 3. The first-order valence-corrected chi connectivity index (χ1v) is 6.67. The summed E-state index contributed by atoms with van der Waals surface area (Å²) in [5.41, 5.74) is 0.605. The quantitative estimate of drug-likeness (QED) is 0.814. The van der Waals surface area contributed by atoms with Gasteiger partial charge >= 0.3 is 0 Å². The number of nitriles is 1. The Kier molecular flexibility index (Phi) is 4.06. The highest BCUT2D eigenvalue weighted by molar-refractivity contribution is 9.10. The van der Waals surface area contributed by atoms with Gasteiger partial charge in [0.15, 0.2) is 0 Å². The molecule has 1 aromatic carbocycles. The van der Waals surface area contributed by atoms with E-state index in [0.29, 0.717) is 10.6 Å². The van der Waals surface area contributed by atoms with Crippen LogP contribution in [0.1, 0.15) is 5.56 Å². The van der Waals surface area contributed by atoms with Crippen LogP contribution in [0.25, 0.3) is 0 Å². The Balaban J connectivity index is 2.34. The monoisotopic (exact) mass is 324 g/mol. The van der Waals surface area contributed by atoms with Gasteiger partial charge in [-0.15, -0.1) is 0 Å². The predicted octanol–water partition coefficient (Wildman–Crippen LogP) is 4.52. The van der Waals surface area contributed by atoms with E-state index in [1.165, 1.54) is 11.8 Å². The third-order valence-electron chi connectivity index (χ3n) is 1.94. The maximum atomic E-state index is 8.89. The van der Waals surface area contributed by atoms with E-state index in [-0.39, 0.29) is 0 Å². The topological polar surface area (TPSA) is 36.7 Å². The molecule has 0 saturated carbocycles. The van der Waals surface area contributed by atoms with Crippen LogP contribution in [0.2, 0.25) is 5.02 Å². The zero-order valence-electron chi connectivity index (χ0n) is 8.52. The van der Waals surface area contributed by atoms with Crippen molar-refractivity contribution in [2.75, 3.05) is 0 Å². The normalized spacial score (nSPS) is 9.94. The second kappa shape index (κ2) is 5.54. The first kappa shape index (κ1) is 12.4. The van der Waals surface area contributed by atoms with Crippen molar-refractivity contribution in [1.29, 1.82) is 5.26 Å². The zero-order chi connectivity index (χ0) is 12.3. The van der Waals surface area contributed by atoms with Gasteiger partial charge in [0.05, 0.1) is 16.7 Å². The van der Waals surface area contributed by atoms with E-state index in [2.05, 4.69) is 27.0 Å². The van der Waals surface area contributed by atoms with Crippen LogP contribution in [0.3, 0.4) is 0 Å². The Morgan fingerprint density at radius 2 is 2.18 bits per heavy atom. The highest BCUT2D eigenvalue weighted by Crippen LogP contribution is 2.33. The molecular weight excluding hydrogens is 320 g/mol. The summed E-state index contributed by atoms with van der Waals surface area (Å²) in [6.07, 6.45) is 1.69. The van der Waals surface area contributed by atoms with E-state index in [4.69, 9.17) is 16.9 Å². The number of nitrogens with zero attached hydrogens (tertiary/aromatic N) is 2. The van der Waals surface area contributed by atoms with Crippen molar-refractivity contribution >= 4 is 39.3 Å². The van der Waals surface area contributed by atoms with Crippen LogP contribution in [-0.4, -0.2) is 4.98 Å². The number of pyridine rings is 1. The number of rotatable bonds is 2. The largest absolute Gasteiger partial charge is 0.248 e. The summed E-state index contributed by atoms with van der Waals surface area (Å²) in [6, 6.07) is 11.2. The van der Waals surface area contributed by atoms with Crippen LogP contribution < -0.4 is 0 Å². The van der Waals surface area contributed by atoms with Crippen molar-refractivity contribution in [2.24, 2.45) is 0 Å². The third-order valence-corrected chi connectivity index (χ3v) is 3.80. The van der Waals surface area contributed by atoms with Gasteiger partial charge in [-0.1, -0.05) is 39.3 Å². The first-order chi connectivity index (χ1) is 8.19. The molecule has 0 N–H and O–H groups in total. The van der Waals surface area contributed by atoms with E-state index in [9.17, 15) is 0 Å². The fourth-order valence-electron chi connectivity index (χ4n) is 1.24. The minimum absolute atomic E-state index is 0.605. The minimum atomic E-state index is 0.605. The molecule has 0 aliphatic rings. The number of halogens is 2. The number of hydrogen-bond donors (Lipinski definition) is 0. The molecule has 0 radical (unpaired) electrons. The third kappa shape index (κ3) is 3.22. The van der Waals surface area contributed by atoms with Gasteiger partial charge in [0.25, 0.3) is 0 Å². The van der Waals surface area contributed by atoms with E-state index in [0.717, 1.165) is 14.4 Å². The maximum absolute atomic E-state index is 8.89. The molecule has 0 fully saturated rings. The second-order valence-electron chi connectivity index (χ2n) is 3.18. The lowest BCUT2D eigenvalue weighted by atomic mass is 10.2. The summed E-state index contributed by atoms with van der Waals surface area (Å²) in [4.78, 5) is 5.12. The van der Waals surface area contributed by atoms with Gasteiger partial charge in [0.2, 0.25) is 0 Å². The summed E-state index contributed by atoms with van der Waals surface area (Å²) < 4.78 is 0.867. The van der Waals surface area contributed by atoms with Crippen LogP contribution >= 0.6 is 39.3 Å². The Morgan fingerprint density at radius 3 is 2.88 bits per heavy atom. The Morgan fingerprint density at radius 1 is 1.35 bits per heavy atom. The molecular formula is C12H6BrClN2S. The van der Waals surface area contributed by atoms with Gasteiger partial charge < -0.3 is 0 Å². The van der Waals surface area contributed by atoms with E-state index in [1.807, 2.05) is 6.07 Å². The predicted molar refractivity (Wildman–Crippen MR) is 72.2 cm³/mol. The molecule has 0 bridgehead atoms. The zero-order valence-corrected chi connectivity index (χ0v) is 11.7. The van der Waals surface area contributed by atoms with Crippen molar-refractivity contribution in [1.82, 2.24) is 4.98 Å². The summed E-state index contributed by atoms with van der Waals surface area (Å²) in [5.74, 6) is 0. The molecule has 2 nitrogen and oxygen atoms in total. The molecule has 2 rings (SSSR count). The lowest BCUT2D eigenvalue weighted by molar-refractivity contribution is 1.13. The van der Waals surface area contributed by atoms with Crippen LogP contribution in [0.4, 0.5) is 0 Å². The lowest BCUT2D eigenvalue weighted by Gasteiger charge is -2.03. The molecule has 0 aliphatic heterocycles. The molecule has 0 aliphatic carbocycles. The van der Waals surface area contributed by atoms with Gasteiger partial charge in [-0.25, -0.2) is 4.98 Å². The number of aromatic nitrogens is 1. The maximum Gasteiger partial charge on any atom is 0.119 e. The SMILES string of the molecule is N#Cc1cc(Br)cc(Sc2ncccc2Cl)c1. The summed E-state index contributed by atoms with van der Waals surface area (Å²) in [6.45, 7) is 0. The molecule has 1 aromatic heterocycles.